The van der Waals surface area contributed by atoms with Crippen LogP contribution in [0.2, 0.25) is 0 Å². The number of carbonyl (C=O) groups is 5. The summed E-state index contributed by atoms with van der Waals surface area (Å²) in [5.74, 6) is -3.38. The van der Waals surface area contributed by atoms with Crippen molar-refractivity contribution in [2.45, 2.75) is 76.0 Å². The van der Waals surface area contributed by atoms with Gasteiger partial charge < -0.3 is 37.8 Å². The van der Waals surface area contributed by atoms with Crippen molar-refractivity contribution in [3.63, 3.8) is 0 Å². The van der Waals surface area contributed by atoms with Crippen molar-refractivity contribution in [3.05, 3.63) is 35.9 Å². The average molecular weight is 613 g/mol. The molecule has 12 nitrogen and oxygen atoms in total. The molecule has 0 aromatic heterocycles. The zero-order chi connectivity index (χ0) is 31.2. The molecule has 41 heavy (non-hydrogen) atoms. The van der Waals surface area contributed by atoms with Crippen LogP contribution in [0.1, 0.15) is 58.1 Å². The highest BCUT2D eigenvalue weighted by Crippen LogP contribution is 2.22. The molecular formula is C27H44N6O6S2. The van der Waals surface area contributed by atoms with E-state index in [4.69, 9.17) is 11.5 Å². The Morgan fingerprint density at radius 3 is 2.07 bits per heavy atom. The van der Waals surface area contributed by atoms with Crippen LogP contribution in [-0.4, -0.2) is 76.8 Å². The summed E-state index contributed by atoms with van der Waals surface area (Å²) in [6, 6.07) is 3.98. The molecular weight excluding hydrogens is 568 g/mol. The first-order valence-electron chi connectivity index (χ1n) is 13.3. The van der Waals surface area contributed by atoms with Gasteiger partial charge in [-0.15, -0.1) is 12.6 Å². The molecule has 0 heterocycles. The minimum absolute atomic E-state index is 0.199. The minimum atomic E-state index is -1.29. The van der Waals surface area contributed by atoms with E-state index in [1.54, 1.807) is 51.1 Å². The van der Waals surface area contributed by atoms with Crippen LogP contribution in [0.15, 0.2) is 30.3 Å². The number of carboxylic acid groups (broad SMARTS) is 1. The highest BCUT2D eigenvalue weighted by molar-refractivity contribution is 7.98. The molecule has 0 saturated heterocycles. The van der Waals surface area contributed by atoms with Crippen LogP contribution in [0.25, 0.3) is 0 Å². The van der Waals surface area contributed by atoms with E-state index >= 15 is 0 Å². The molecule has 0 aliphatic heterocycles. The van der Waals surface area contributed by atoms with Gasteiger partial charge in [0.15, 0.2) is 5.37 Å². The molecule has 0 spiro atoms. The molecule has 4 amide bonds. The summed E-state index contributed by atoms with van der Waals surface area (Å²) in [6.07, 6.45) is 3.78. The molecule has 0 bridgehead atoms. The fourth-order valence-corrected chi connectivity index (χ4v) is 4.44. The molecule has 1 aromatic carbocycles. The molecule has 0 aliphatic rings. The number of rotatable bonds is 17. The van der Waals surface area contributed by atoms with Gasteiger partial charge in [0.1, 0.15) is 18.1 Å². The van der Waals surface area contributed by atoms with E-state index in [9.17, 15) is 29.1 Å². The Hall–Kier alpha value is -2.81. The summed E-state index contributed by atoms with van der Waals surface area (Å²) in [4.78, 5) is 63.9. The number of aliphatic carboxylic acids is 1. The van der Waals surface area contributed by atoms with Gasteiger partial charge in [-0.2, -0.15) is 11.8 Å². The van der Waals surface area contributed by atoms with Crippen molar-refractivity contribution in [2.75, 3.05) is 18.6 Å². The lowest BCUT2D eigenvalue weighted by Crippen LogP contribution is -2.59. The van der Waals surface area contributed by atoms with E-state index in [0.717, 1.165) is 0 Å². The molecule has 0 fully saturated rings. The van der Waals surface area contributed by atoms with E-state index in [-0.39, 0.29) is 6.42 Å². The Morgan fingerprint density at radius 2 is 1.54 bits per heavy atom. The maximum absolute atomic E-state index is 13.5. The van der Waals surface area contributed by atoms with Crippen molar-refractivity contribution in [2.24, 2.45) is 16.9 Å². The monoisotopic (exact) mass is 612 g/mol. The van der Waals surface area contributed by atoms with E-state index in [0.29, 0.717) is 37.1 Å². The fourth-order valence-electron chi connectivity index (χ4n) is 3.76. The number of carboxylic acids is 1. The van der Waals surface area contributed by atoms with Gasteiger partial charge in [0.25, 0.3) is 5.91 Å². The zero-order valence-corrected chi connectivity index (χ0v) is 25.7. The summed E-state index contributed by atoms with van der Waals surface area (Å²) in [5, 5.41) is 18.5. The summed E-state index contributed by atoms with van der Waals surface area (Å²) in [7, 11) is 0. The van der Waals surface area contributed by atoms with Crippen LogP contribution in [0.5, 0.6) is 0 Å². The lowest BCUT2D eigenvalue weighted by atomic mass is 9.85. The number of thiol groups is 1. The Kier molecular flexibility index (Phi) is 15.8. The molecule has 0 unspecified atom stereocenters. The second-order valence-electron chi connectivity index (χ2n) is 10.6. The number of thioether (sulfide) groups is 1. The molecule has 5 atom stereocenters. The van der Waals surface area contributed by atoms with Crippen LogP contribution in [0.4, 0.5) is 0 Å². The molecule has 1 aromatic rings. The molecule has 1 rings (SSSR count). The fraction of sp³-hybridized carbons (Fsp3) is 0.593. The van der Waals surface area contributed by atoms with Crippen LogP contribution in [0, 0.1) is 5.41 Å². The highest BCUT2D eigenvalue weighted by atomic mass is 32.2. The van der Waals surface area contributed by atoms with Gasteiger partial charge in [0, 0.05) is 0 Å². The number of nitrogens with two attached hydrogens (primary N) is 2. The molecule has 0 radical (unpaired) electrons. The Morgan fingerprint density at radius 1 is 0.902 bits per heavy atom. The second kappa shape index (κ2) is 17.9. The number of amides is 4. The van der Waals surface area contributed by atoms with Crippen molar-refractivity contribution in [1.82, 2.24) is 21.3 Å². The number of benzene rings is 1. The van der Waals surface area contributed by atoms with E-state index in [2.05, 4.69) is 33.9 Å². The number of carbonyl (C=O) groups excluding carboxylic acids is 4. The Balaban J connectivity index is 3.08. The van der Waals surface area contributed by atoms with Crippen LogP contribution >= 0.6 is 24.4 Å². The summed E-state index contributed by atoms with van der Waals surface area (Å²) >= 11 is 5.62. The van der Waals surface area contributed by atoms with Gasteiger partial charge in [-0.1, -0.05) is 57.5 Å². The van der Waals surface area contributed by atoms with E-state index in [1.807, 2.05) is 6.26 Å². The standard InChI is InChI=1S/C27H44N6O6S2/c1-27(2,3)20(32-24(37)25(40)33-21(34)17(29)12-8-9-14-28)23(36)31-19(16-10-6-5-7-11-16)22(35)30-18(26(38)39)13-15-41-4/h5-7,10-11,17-20,25,40H,8-9,12-15,28-29H2,1-4H3,(H,30,35)(H,31,36)(H,32,37)(H,33,34)(H,38,39)/t17-,18+,19+,20-,25+/m1/s1. The van der Waals surface area contributed by atoms with Gasteiger partial charge in [-0.3, -0.25) is 19.2 Å². The topological polar surface area (TPSA) is 206 Å². The molecule has 0 aliphatic carbocycles. The number of unbranched alkanes of at least 4 members (excludes halogenated alkanes) is 1. The van der Waals surface area contributed by atoms with Crippen molar-refractivity contribution < 1.29 is 29.1 Å². The van der Waals surface area contributed by atoms with Crippen LogP contribution in [0.3, 0.4) is 0 Å². The van der Waals surface area contributed by atoms with E-state index < -0.39 is 64.6 Å². The lowest BCUT2D eigenvalue weighted by molar-refractivity contribution is -0.142. The normalized spacial score (nSPS) is 15.0. The number of hydrogen-bond donors (Lipinski definition) is 8. The van der Waals surface area contributed by atoms with Gasteiger partial charge in [0.2, 0.25) is 17.7 Å². The molecule has 14 heteroatoms. The SMILES string of the molecule is CSCC[C@H](NC(=O)[C@@H](NC(=O)[C@@H](NC(=O)[C@H](S)NC(=O)[C@H](N)CCCCN)C(C)(C)C)c1ccccc1)C(=O)O. The summed E-state index contributed by atoms with van der Waals surface area (Å²) in [5.41, 5.74) is 10.9. The van der Waals surface area contributed by atoms with E-state index in [1.165, 1.54) is 11.8 Å². The minimum Gasteiger partial charge on any atom is -0.480 e. The van der Waals surface area contributed by atoms with Crippen molar-refractivity contribution in [1.29, 1.82) is 0 Å². The van der Waals surface area contributed by atoms with Crippen LogP contribution in [-0.2, 0) is 24.0 Å². The number of nitrogens with one attached hydrogen (secondary N) is 4. The molecule has 9 N–H and O–H groups in total. The number of hydrogen-bond acceptors (Lipinski definition) is 9. The quantitative estimate of drug-likeness (QED) is 0.0700. The smallest absolute Gasteiger partial charge is 0.326 e. The van der Waals surface area contributed by atoms with Gasteiger partial charge >= 0.3 is 5.97 Å². The molecule has 230 valence electrons. The maximum Gasteiger partial charge on any atom is 0.326 e. The van der Waals surface area contributed by atoms with Crippen molar-refractivity contribution >= 4 is 54.0 Å². The first-order valence-corrected chi connectivity index (χ1v) is 15.3. The lowest BCUT2D eigenvalue weighted by Gasteiger charge is -2.33. The summed E-state index contributed by atoms with van der Waals surface area (Å²) < 4.78 is 0. The van der Waals surface area contributed by atoms with Crippen molar-refractivity contribution in [3.8, 4) is 0 Å². The maximum atomic E-state index is 13.5. The largest absolute Gasteiger partial charge is 0.480 e. The molecule has 0 saturated carbocycles. The van der Waals surface area contributed by atoms with Crippen LogP contribution < -0.4 is 32.7 Å². The highest BCUT2D eigenvalue weighted by Gasteiger charge is 2.37. The van der Waals surface area contributed by atoms with Gasteiger partial charge in [-0.25, -0.2) is 4.79 Å². The summed E-state index contributed by atoms with van der Waals surface area (Å²) in [6.45, 7) is 5.64. The average Bonchev–Trinajstić information content (AvgIpc) is 2.91. The van der Waals surface area contributed by atoms with Gasteiger partial charge in [0.05, 0.1) is 6.04 Å². The predicted octanol–water partition coefficient (Wildman–Crippen LogP) is 0.526. The third-order valence-corrected chi connectivity index (χ3v) is 7.16. The predicted molar refractivity (Wildman–Crippen MR) is 163 cm³/mol. The second-order valence-corrected chi connectivity index (χ2v) is 12.1. The third-order valence-electron chi connectivity index (χ3n) is 6.16. The zero-order valence-electron chi connectivity index (χ0n) is 24.0. The first kappa shape index (κ1) is 36.2. The Labute approximate surface area is 251 Å². The Bertz CT molecular complexity index is 1020. The first-order chi connectivity index (χ1) is 19.2. The van der Waals surface area contributed by atoms with Gasteiger partial charge in [-0.05, 0) is 48.8 Å². The third kappa shape index (κ3) is 12.7.